The lowest BCUT2D eigenvalue weighted by atomic mass is 10.2. The number of para-hydroxylation sites is 1. The maximum atomic E-state index is 13.6. The lowest BCUT2D eigenvalue weighted by molar-refractivity contribution is 0.0949. The molecule has 1 aromatic carbocycles. The van der Waals surface area contributed by atoms with Crippen LogP contribution in [0.2, 0.25) is 0 Å². The van der Waals surface area contributed by atoms with Crippen LogP contribution in [0, 0.1) is 6.92 Å². The molecule has 4 rings (SSSR count). The fraction of sp³-hybridized carbons (Fsp3) is 0.348. The molecule has 0 spiro atoms. The number of benzene rings is 1. The van der Waals surface area contributed by atoms with Crippen molar-refractivity contribution >= 4 is 16.0 Å². The number of nitrogens with zero attached hydrogens (tertiary/aromatic N) is 7. The SMILES string of the molecule is COc1cccc(OC)c1-n1c(NS(=O)(=O)C(C)C(OC)c2ncc(C)cn2)nnc1-c1ccn(C)n1. The Balaban J connectivity index is 1.82. The molecule has 0 radical (unpaired) electrons. The molecule has 3 heterocycles. The second-order valence-corrected chi connectivity index (χ2v) is 10.2. The number of hydrogen-bond acceptors (Lipinski definition) is 10. The van der Waals surface area contributed by atoms with Crippen LogP contribution >= 0.6 is 0 Å². The summed E-state index contributed by atoms with van der Waals surface area (Å²) in [6.07, 6.45) is 4.01. The third-order valence-electron chi connectivity index (χ3n) is 5.69. The van der Waals surface area contributed by atoms with E-state index in [9.17, 15) is 8.42 Å². The summed E-state index contributed by atoms with van der Waals surface area (Å²) in [6.45, 7) is 3.34. The first-order valence-electron chi connectivity index (χ1n) is 11.2. The molecule has 0 fully saturated rings. The Kier molecular flexibility index (Phi) is 7.40. The van der Waals surface area contributed by atoms with Crippen LogP contribution in [0.3, 0.4) is 0 Å². The van der Waals surface area contributed by atoms with E-state index in [4.69, 9.17) is 14.2 Å². The van der Waals surface area contributed by atoms with Gasteiger partial charge in [0.2, 0.25) is 16.0 Å². The summed E-state index contributed by atoms with van der Waals surface area (Å²) >= 11 is 0. The van der Waals surface area contributed by atoms with Gasteiger partial charge in [0.15, 0.2) is 11.6 Å². The van der Waals surface area contributed by atoms with E-state index in [-0.39, 0.29) is 17.6 Å². The average Bonchev–Trinajstić information content (AvgIpc) is 3.50. The Morgan fingerprint density at radius 1 is 1.00 bits per heavy atom. The van der Waals surface area contributed by atoms with E-state index in [1.54, 1.807) is 54.6 Å². The molecule has 3 aromatic heterocycles. The van der Waals surface area contributed by atoms with Crippen LogP contribution in [0.5, 0.6) is 11.5 Å². The van der Waals surface area contributed by atoms with Crippen molar-refractivity contribution in [1.82, 2.24) is 34.5 Å². The lowest BCUT2D eigenvalue weighted by Gasteiger charge is -2.22. The molecule has 0 bridgehead atoms. The first-order valence-corrected chi connectivity index (χ1v) is 12.7. The molecule has 0 amide bonds. The van der Waals surface area contributed by atoms with Crippen molar-refractivity contribution in [2.75, 3.05) is 26.1 Å². The zero-order valence-corrected chi connectivity index (χ0v) is 22.1. The summed E-state index contributed by atoms with van der Waals surface area (Å²) < 4.78 is 49.4. The minimum Gasteiger partial charge on any atom is -0.494 e. The normalized spacial score (nSPS) is 13.2. The summed E-state index contributed by atoms with van der Waals surface area (Å²) in [4.78, 5) is 8.49. The van der Waals surface area contributed by atoms with Crippen LogP contribution in [0.4, 0.5) is 5.95 Å². The molecular weight excluding hydrogens is 500 g/mol. The average molecular weight is 529 g/mol. The highest BCUT2D eigenvalue weighted by atomic mass is 32.2. The van der Waals surface area contributed by atoms with Crippen molar-refractivity contribution in [2.24, 2.45) is 7.05 Å². The lowest BCUT2D eigenvalue weighted by Crippen LogP contribution is -2.33. The van der Waals surface area contributed by atoms with Gasteiger partial charge in [-0.2, -0.15) is 5.10 Å². The predicted octanol–water partition coefficient (Wildman–Crippen LogP) is 2.30. The number of nitrogens with one attached hydrogen (secondary N) is 1. The fourth-order valence-electron chi connectivity index (χ4n) is 3.75. The molecule has 37 heavy (non-hydrogen) atoms. The molecule has 2 unspecified atom stereocenters. The minimum atomic E-state index is -4.10. The summed E-state index contributed by atoms with van der Waals surface area (Å²) in [5.41, 5.74) is 1.70. The standard InChI is InChI=1S/C23H28N8O5S/c1-14-12-24-21(25-13-14)20(36-6)15(2)37(32,33)29-23-27-26-22(16-10-11-30(3)28-16)31(23)19-17(34-4)8-7-9-18(19)35-5/h7-13,15,20H,1-6H3,(H,27,29). The number of sulfonamides is 1. The van der Waals surface area contributed by atoms with E-state index < -0.39 is 21.4 Å². The van der Waals surface area contributed by atoms with Gasteiger partial charge in [0, 0.05) is 32.7 Å². The maximum absolute atomic E-state index is 13.6. The molecule has 196 valence electrons. The van der Waals surface area contributed by atoms with Crippen molar-refractivity contribution < 1.29 is 22.6 Å². The number of ether oxygens (including phenoxy) is 3. The molecule has 0 aliphatic heterocycles. The van der Waals surface area contributed by atoms with E-state index in [2.05, 4.69) is 30.0 Å². The van der Waals surface area contributed by atoms with Crippen molar-refractivity contribution in [3.8, 4) is 28.7 Å². The van der Waals surface area contributed by atoms with Crippen LogP contribution in [0.15, 0.2) is 42.9 Å². The number of aromatic nitrogens is 7. The molecule has 13 nitrogen and oxygen atoms in total. The van der Waals surface area contributed by atoms with Crippen LogP contribution in [-0.4, -0.2) is 69.5 Å². The second-order valence-electron chi connectivity index (χ2n) is 8.20. The van der Waals surface area contributed by atoms with E-state index >= 15 is 0 Å². The summed E-state index contributed by atoms with van der Waals surface area (Å²) in [5, 5.41) is 11.7. The zero-order valence-electron chi connectivity index (χ0n) is 21.3. The van der Waals surface area contributed by atoms with Gasteiger partial charge in [-0.05, 0) is 37.6 Å². The summed E-state index contributed by atoms with van der Waals surface area (Å²) in [5.74, 6) is 1.25. The second kappa shape index (κ2) is 10.5. The number of hydrogen-bond donors (Lipinski definition) is 1. The summed E-state index contributed by atoms with van der Waals surface area (Å²) in [7, 11) is 2.06. The van der Waals surface area contributed by atoms with E-state index in [1.165, 1.54) is 32.8 Å². The van der Waals surface area contributed by atoms with Crippen LogP contribution in [0.25, 0.3) is 17.2 Å². The zero-order chi connectivity index (χ0) is 26.7. The molecule has 4 aromatic rings. The Morgan fingerprint density at radius 2 is 1.65 bits per heavy atom. The highest BCUT2D eigenvalue weighted by Gasteiger charge is 2.35. The van der Waals surface area contributed by atoms with Gasteiger partial charge in [-0.15, -0.1) is 10.2 Å². The Hall–Kier alpha value is -4.04. The molecule has 0 saturated heterocycles. The van der Waals surface area contributed by atoms with Gasteiger partial charge < -0.3 is 14.2 Å². The van der Waals surface area contributed by atoms with Crippen LogP contribution < -0.4 is 14.2 Å². The first kappa shape index (κ1) is 26.0. The quantitative estimate of drug-likeness (QED) is 0.325. The van der Waals surface area contributed by atoms with E-state index in [1.807, 2.05) is 6.92 Å². The van der Waals surface area contributed by atoms with Crippen molar-refractivity contribution in [1.29, 1.82) is 0 Å². The first-order chi connectivity index (χ1) is 17.7. The topological polar surface area (TPSA) is 148 Å². The number of methoxy groups -OCH3 is 3. The van der Waals surface area contributed by atoms with Gasteiger partial charge in [0.05, 0.1) is 14.2 Å². The smallest absolute Gasteiger partial charge is 0.243 e. The predicted molar refractivity (Wildman–Crippen MR) is 135 cm³/mol. The summed E-state index contributed by atoms with van der Waals surface area (Å²) in [6, 6.07) is 6.93. The molecule has 14 heteroatoms. The Labute approximate surface area is 214 Å². The van der Waals surface area contributed by atoms with Gasteiger partial charge in [0.1, 0.15) is 34.2 Å². The highest BCUT2D eigenvalue weighted by molar-refractivity contribution is 7.93. The van der Waals surface area contributed by atoms with E-state index in [0.717, 1.165) is 5.56 Å². The number of anilines is 1. The van der Waals surface area contributed by atoms with Crippen LogP contribution in [-0.2, 0) is 21.8 Å². The number of aryl methyl sites for hydroxylation is 2. The monoisotopic (exact) mass is 528 g/mol. The maximum Gasteiger partial charge on any atom is 0.243 e. The van der Waals surface area contributed by atoms with Gasteiger partial charge in [0.25, 0.3) is 0 Å². The molecule has 0 aliphatic rings. The molecular formula is C23H28N8O5S. The van der Waals surface area contributed by atoms with Gasteiger partial charge in [-0.1, -0.05) is 6.07 Å². The van der Waals surface area contributed by atoms with Crippen LogP contribution in [0.1, 0.15) is 24.4 Å². The van der Waals surface area contributed by atoms with Crippen molar-refractivity contribution in [3.05, 3.63) is 54.2 Å². The van der Waals surface area contributed by atoms with E-state index in [0.29, 0.717) is 22.9 Å². The molecule has 2 atom stereocenters. The van der Waals surface area contributed by atoms with Gasteiger partial charge >= 0.3 is 0 Å². The fourth-order valence-corrected chi connectivity index (χ4v) is 4.88. The highest BCUT2D eigenvalue weighted by Crippen LogP contribution is 2.37. The third kappa shape index (κ3) is 5.11. The molecule has 1 N–H and O–H groups in total. The number of rotatable bonds is 10. The largest absolute Gasteiger partial charge is 0.494 e. The molecule has 0 saturated carbocycles. The third-order valence-corrected chi connectivity index (χ3v) is 7.38. The van der Waals surface area contributed by atoms with Gasteiger partial charge in [-0.3, -0.25) is 14.0 Å². The Morgan fingerprint density at radius 3 is 2.19 bits per heavy atom. The molecule has 0 aliphatic carbocycles. The van der Waals surface area contributed by atoms with Crippen molar-refractivity contribution in [2.45, 2.75) is 25.2 Å². The van der Waals surface area contributed by atoms with Crippen molar-refractivity contribution in [3.63, 3.8) is 0 Å². The van der Waals surface area contributed by atoms with Gasteiger partial charge in [-0.25, -0.2) is 18.4 Å². The Bertz CT molecular complexity index is 1460. The minimum absolute atomic E-state index is 0.0880.